The normalized spacial score (nSPS) is 22.1. The summed E-state index contributed by atoms with van der Waals surface area (Å²) in [6.45, 7) is 7.42. The second-order valence-corrected chi connectivity index (χ2v) is 12.5. The first-order valence-corrected chi connectivity index (χ1v) is 17.0. The molecule has 5 rings (SSSR count). The molecular formula is C38H49N3O6. The average Bonchev–Trinajstić information content (AvgIpc) is 3.09. The van der Waals surface area contributed by atoms with Gasteiger partial charge < -0.3 is 34.9 Å². The fraction of sp³-hybridized carbons (Fsp3) is 0.474. The minimum Gasteiger partial charge on any atom is -0.465 e. The molecule has 2 fully saturated rings. The molecule has 47 heavy (non-hydrogen) atoms. The number of nitrogens with one attached hydrogen (secondary N) is 2. The highest BCUT2D eigenvalue weighted by molar-refractivity contribution is 5.81. The molecule has 2 saturated heterocycles. The van der Waals surface area contributed by atoms with Gasteiger partial charge in [-0.05, 0) is 60.7 Å². The maximum atomic E-state index is 12.3. The third kappa shape index (κ3) is 9.64. The van der Waals surface area contributed by atoms with Crippen LogP contribution in [0.25, 0.3) is 11.1 Å². The molecule has 0 bridgehead atoms. The molecule has 3 N–H and O–H groups in total. The van der Waals surface area contributed by atoms with Crippen LogP contribution in [0.2, 0.25) is 0 Å². The highest BCUT2D eigenvalue weighted by Crippen LogP contribution is 2.42. The zero-order chi connectivity index (χ0) is 33.0. The quantitative estimate of drug-likeness (QED) is 0.212. The van der Waals surface area contributed by atoms with E-state index in [1.807, 2.05) is 36.4 Å². The van der Waals surface area contributed by atoms with Crippen LogP contribution in [0.3, 0.4) is 0 Å². The topological polar surface area (TPSA) is 109 Å². The Balaban J connectivity index is 1.31. The first-order chi connectivity index (χ1) is 22.9. The predicted molar refractivity (Wildman–Crippen MR) is 181 cm³/mol. The van der Waals surface area contributed by atoms with Gasteiger partial charge in [-0.15, -0.1) is 0 Å². The van der Waals surface area contributed by atoms with Gasteiger partial charge in [-0.25, -0.2) is 4.79 Å². The molecule has 9 heteroatoms. The van der Waals surface area contributed by atoms with Gasteiger partial charge in [0.25, 0.3) is 0 Å². The summed E-state index contributed by atoms with van der Waals surface area (Å²) in [5, 5.41) is 15.0. The van der Waals surface area contributed by atoms with Crippen molar-refractivity contribution in [3.8, 4) is 11.1 Å². The molecule has 2 aliphatic heterocycles. The summed E-state index contributed by atoms with van der Waals surface area (Å²) in [6, 6.07) is 23.8. The Hall–Kier alpha value is -3.76. The second-order valence-electron chi connectivity index (χ2n) is 12.5. The fourth-order valence-electron chi connectivity index (χ4n) is 6.46. The Kier molecular flexibility index (Phi) is 12.8. The minimum absolute atomic E-state index is 0.00264. The molecule has 3 aromatic rings. The van der Waals surface area contributed by atoms with Crippen molar-refractivity contribution >= 4 is 12.0 Å². The van der Waals surface area contributed by atoms with Gasteiger partial charge in [0, 0.05) is 24.6 Å². The summed E-state index contributed by atoms with van der Waals surface area (Å²) >= 11 is 0. The molecule has 0 spiro atoms. The number of likely N-dealkylation sites (tertiary alicyclic amines) is 1. The Bertz CT molecular complexity index is 1420. The zero-order valence-corrected chi connectivity index (χ0v) is 27.7. The van der Waals surface area contributed by atoms with Crippen LogP contribution in [0.4, 0.5) is 4.79 Å². The van der Waals surface area contributed by atoms with Crippen molar-refractivity contribution in [1.82, 2.24) is 15.5 Å². The van der Waals surface area contributed by atoms with Crippen LogP contribution in [-0.2, 0) is 32.2 Å². The maximum absolute atomic E-state index is 12.3. The highest BCUT2D eigenvalue weighted by atomic mass is 16.7. The van der Waals surface area contributed by atoms with E-state index in [1.54, 1.807) is 6.92 Å². The van der Waals surface area contributed by atoms with Crippen molar-refractivity contribution in [3.63, 3.8) is 0 Å². The van der Waals surface area contributed by atoms with Gasteiger partial charge in [0.2, 0.25) is 0 Å². The molecule has 0 radical (unpaired) electrons. The van der Waals surface area contributed by atoms with Crippen molar-refractivity contribution < 1.29 is 28.9 Å². The smallest absolute Gasteiger partial charge is 0.325 e. The Morgan fingerprint density at radius 1 is 0.872 bits per heavy atom. The van der Waals surface area contributed by atoms with E-state index in [0.29, 0.717) is 6.54 Å². The van der Waals surface area contributed by atoms with Gasteiger partial charge in [0.05, 0.1) is 25.4 Å². The number of benzene rings is 3. The van der Waals surface area contributed by atoms with E-state index < -0.39 is 18.3 Å². The first kappa shape index (κ1) is 34.6. The Morgan fingerprint density at radius 2 is 1.55 bits per heavy atom. The highest BCUT2D eigenvalue weighted by Gasteiger charge is 2.39. The number of hydrogen-bond acceptors (Lipinski definition) is 7. The van der Waals surface area contributed by atoms with Gasteiger partial charge in [-0.1, -0.05) is 99.0 Å². The summed E-state index contributed by atoms with van der Waals surface area (Å²) in [7, 11) is 0. The molecule has 4 atom stereocenters. The summed E-state index contributed by atoms with van der Waals surface area (Å²) in [6.07, 6.45) is 5.68. The lowest BCUT2D eigenvalue weighted by Crippen LogP contribution is -2.45. The Labute approximate surface area is 278 Å². The van der Waals surface area contributed by atoms with Gasteiger partial charge in [0.1, 0.15) is 6.54 Å². The molecule has 2 amide bonds. The molecule has 252 valence electrons. The van der Waals surface area contributed by atoms with Crippen LogP contribution in [0.5, 0.6) is 0 Å². The number of hydrogen-bond donors (Lipinski definition) is 3. The first-order valence-electron chi connectivity index (χ1n) is 17.0. The number of aliphatic hydroxyl groups is 1. The standard InChI is InChI=1S/C38H49N3O6/c1-3-45-35(43)24-40-38(44)39-23-32-11-7-8-12-33(32)29-17-19-31(20-18-29)37-46-34(25-41-21-9-5-4-6-10-22-41)27(2)36(47-37)30-15-13-28(26-42)14-16-30/h7-8,11-20,27,34,36-37,42H,3-6,9-10,21-26H2,1-2H3,(H2,39,40,44)/t27-,34+,36+,37+/m0/s1. The van der Waals surface area contributed by atoms with Gasteiger partial charge in [-0.3, -0.25) is 4.79 Å². The molecule has 3 aromatic carbocycles. The lowest BCUT2D eigenvalue weighted by molar-refractivity contribution is -0.276. The number of esters is 1. The third-order valence-electron chi connectivity index (χ3n) is 9.16. The van der Waals surface area contributed by atoms with Crippen LogP contribution >= 0.6 is 0 Å². The number of ether oxygens (including phenoxy) is 3. The second kappa shape index (κ2) is 17.4. The van der Waals surface area contributed by atoms with E-state index in [2.05, 4.69) is 58.9 Å². The van der Waals surface area contributed by atoms with Gasteiger partial charge >= 0.3 is 12.0 Å². The number of rotatable bonds is 11. The Morgan fingerprint density at radius 3 is 2.26 bits per heavy atom. The molecule has 0 unspecified atom stereocenters. The summed E-state index contributed by atoms with van der Waals surface area (Å²) in [5.74, 6) is -0.331. The van der Waals surface area contributed by atoms with Crippen molar-refractivity contribution in [2.24, 2.45) is 5.92 Å². The van der Waals surface area contributed by atoms with E-state index in [4.69, 9.17) is 14.2 Å². The molecule has 0 aliphatic carbocycles. The molecule has 0 saturated carbocycles. The van der Waals surface area contributed by atoms with E-state index in [-0.39, 0.29) is 37.9 Å². The molecular weight excluding hydrogens is 594 g/mol. The number of nitrogens with zero attached hydrogens (tertiary/aromatic N) is 1. The van der Waals surface area contributed by atoms with Gasteiger partial charge in [-0.2, -0.15) is 0 Å². The summed E-state index contributed by atoms with van der Waals surface area (Å²) in [4.78, 5) is 26.4. The van der Waals surface area contributed by atoms with Crippen molar-refractivity contribution in [2.75, 3.05) is 32.8 Å². The van der Waals surface area contributed by atoms with E-state index >= 15 is 0 Å². The average molecular weight is 644 g/mol. The van der Waals surface area contributed by atoms with Crippen LogP contribution in [0.15, 0.2) is 72.8 Å². The fourth-order valence-corrected chi connectivity index (χ4v) is 6.46. The van der Waals surface area contributed by atoms with Crippen LogP contribution in [-0.4, -0.2) is 60.9 Å². The van der Waals surface area contributed by atoms with E-state index in [1.165, 1.54) is 32.1 Å². The zero-order valence-electron chi connectivity index (χ0n) is 27.7. The number of urea groups is 1. The lowest BCUT2D eigenvalue weighted by Gasteiger charge is -2.43. The van der Waals surface area contributed by atoms with E-state index in [9.17, 15) is 14.7 Å². The number of carbonyl (C=O) groups excluding carboxylic acids is 2. The van der Waals surface area contributed by atoms with Gasteiger partial charge in [0.15, 0.2) is 6.29 Å². The summed E-state index contributed by atoms with van der Waals surface area (Å²) < 4.78 is 18.3. The summed E-state index contributed by atoms with van der Waals surface area (Å²) in [5.41, 5.74) is 5.88. The lowest BCUT2D eigenvalue weighted by atomic mass is 9.89. The monoisotopic (exact) mass is 643 g/mol. The SMILES string of the molecule is CCOC(=O)CNC(=O)NCc1ccccc1-c1ccc([C@@H]2O[C@H](CN3CCCCCCC3)[C@H](C)[C@H](c3ccc(CO)cc3)O2)cc1. The molecule has 2 aliphatic rings. The van der Waals surface area contributed by atoms with E-state index in [0.717, 1.165) is 53.0 Å². The largest absolute Gasteiger partial charge is 0.465 e. The number of aliphatic hydroxyl groups excluding tert-OH is 1. The van der Waals surface area contributed by atoms with Crippen LogP contribution in [0, 0.1) is 5.92 Å². The predicted octanol–water partition coefficient (Wildman–Crippen LogP) is 6.27. The molecule has 0 aromatic heterocycles. The third-order valence-corrected chi connectivity index (χ3v) is 9.16. The number of amides is 2. The van der Waals surface area contributed by atoms with Crippen molar-refractivity contribution in [3.05, 3.63) is 95.1 Å². The van der Waals surface area contributed by atoms with Crippen LogP contribution < -0.4 is 10.6 Å². The minimum atomic E-state index is -0.525. The molecule has 2 heterocycles. The number of carbonyl (C=O) groups is 2. The van der Waals surface area contributed by atoms with Crippen molar-refractivity contribution in [2.45, 2.75) is 77.6 Å². The van der Waals surface area contributed by atoms with Crippen LogP contribution in [0.1, 0.15) is 80.6 Å². The molecule has 9 nitrogen and oxygen atoms in total. The van der Waals surface area contributed by atoms with Crippen molar-refractivity contribution in [1.29, 1.82) is 0 Å². The maximum Gasteiger partial charge on any atom is 0.325 e.